The number of rotatable bonds is 2. The molecule has 1 aliphatic heterocycles. The second-order valence-electron chi connectivity index (χ2n) is 4.06. The van der Waals surface area contributed by atoms with Crippen LogP contribution >= 0.6 is 27.3 Å². The molecule has 86 valence electrons. The van der Waals surface area contributed by atoms with Crippen molar-refractivity contribution in [2.75, 3.05) is 5.32 Å². The second kappa shape index (κ2) is 4.27. The maximum absolute atomic E-state index is 11.9. The molecule has 2 nitrogen and oxygen atoms in total. The van der Waals surface area contributed by atoms with Gasteiger partial charge in [0.2, 0.25) is 5.91 Å². The topological polar surface area (TPSA) is 29.1 Å². The van der Waals surface area contributed by atoms with Gasteiger partial charge in [-0.15, -0.1) is 11.3 Å². The number of hydrogen-bond donors (Lipinski definition) is 1. The van der Waals surface area contributed by atoms with Gasteiger partial charge in [-0.3, -0.25) is 4.79 Å². The Morgan fingerprint density at radius 2 is 2.24 bits per heavy atom. The van der Waals surface area contributed by atoms with E-state index in [0.717, 1.165) is 22.1 Å². The van der Waals surface area contributed by atoms with Gasteiger partial charge in [-0.05, 0) is 41.6 Å². The van der Waals surface area contributed by atoms with Crippen LogP contribution in [0.1, 0.15) is 16.4 Å². The Kier molecular flexibility index (Phi) is 2.76. The molecule has 0 aliphatic carbocycles. The molecule has 0 bridgehead atoms. The number of thiophene rings is 1. The van der Waals surface area contributed by atoms with Gasteiger partial charge in [0.25, 0.3) is 0 Å². The van der Waals surface area contributed by atoms with Gasteiger partial charge in [-0.1, -0.05) is 22.0 Å². The molecule has 1 aliphatic rings. The third-order valence-corrected chi connectivity index (χ3v) is 4.34. The Morgan fingerprint density at radius 1 is 1.35 bits per heavy atom. The summed E-state index contributed by atoms with van der Waals surface area (Å²) >= 11 is 5.15. The van der Waals surface area contributed by atoms with Crippen molar-refractivity contribution in [2.24, 2.45) is 0 Å². The van der Waals surface area contributed by atoms with Gasteiger partial charge in [0, 0.05) is 15.0 Å². The first-order valence-corrected chi connectivity index (χ1v) is 7.04. The van der Waals surface area contributed by atoms with E-state index < -0.39 is 0 Å². The highest BCUT2D eigenvalue weighted by atomic mass is 79.9. The smallest absolute Gasteiger partial charge is 0.232 e. The van der Waals surface area contributed by atoms with Gasteiger partial charge in [0.15, 0.2) is 0 Å². The van der Waals surface area contributed by atoms with Crippen molar-refractivity contribution in [1.82, 2.24) is 0 Å². The van der Waals surface area contributed by atoms with Crippen molar-refractivity contribution in [3.05, 3.63) is 50.6 Å². The minimum absolute atomic E-state index is 0.0545. The first-order valence-electron chi connectivity index (χ1n) is 5.37. The number of amides is 1. The van der Waals surface area contributed by atoms with Gasteiger partial charge < -0.3 is 5.32 Å². The van der Waals surface area contributed by atoms with Gasteiger partial charge in [0.1, 0.15) is 0 Å². The number of fused-ring (bicyclic) bond motifs is 1. The van der Waals surface area contributed by atoms with E-state index in [1.54, 1.807) is 11.3 Å². The SMILES string of the molecule is O=C1Nc2ccc(Br)cc2C1Cc1cccs1. The van der Waals surface area contributed by atoms with Crippen LogP contribution in [-0.2, 0) is 11.2 Å². The molecule has 2 heterocycles. The Hall–Kier alpha value is -1.13. The van der Waals surface area contributed by atoms with Crippen LogP contribution < -0.4 is 5.32 Å². The maximum Gasteiger partial charge on any atom is 0.232 e. The van der Waals surface area contributed by atoms with Crippen molar-refractivity contribution >= 4 is 38.9 Å². The number of hydrogen-bond acceptors (Lipinski definition) is 2. The number of carbonyl (C=O) groups excluding carboxylic acids is 1. The summed E-state index contributed by atoms with van der Waals surface area (Å²) in [6.45, 7) is 0. The molecule has 1 aromatic carbocycles. The van der Waals surface area contributed by atoms with E-state index in [2.05, 4.69) is 27.3 Å². The fourth-order valence-electron chi connectivity index (χ4n) is 2.13. The largest absolute Gasteiger partial charge is 0.325 e. The first-order chi connectivity index (χ1) is 8.24. The van der Waals surface area contributed by atoms with Crippen LogP contribution in [-0.4, -0.2) is 5.91 Å². The van der Waals surface area contributed by atoms with Crippen LogP contribution in [0, 0.1) is 0 Å². The summed E-state index contributed by atoms with van der Waals surface area (Å²) in [6, 6.07) is 10.0. The number of benzene rings is 1. The molecule has 0 radical (unpaired) electrons. The predicted molar refractivity (Wildman–Crippen MR) is 73.5 cm³/mol. The molecule has 4 heteroatoms. The van der Waals surface area contributed by atoms with Gasteiger partial charge in [0.05, 0.1) is 5.92 Å². The number of anilines is 1. The lowest BCUT2D eigenvalue weighted by Gasteiger charge is -2.07. The van der Waals surface area contributed by atoms with E-state index in [4.69, 9.17) is 0 Å². The molecule has 1 aromatic heterocycles. The highest BCUT2D eigenvalue weighted by Gasteiger charge is 2.30. The standard InChI is InChI=1S/C13H10BrNOS/c14-8-3-4-12-10(6-8)11(13(16)15-12)7-9-2-1-5-17-9/h1-6,11H,7H2,(H,15,16). The third kappa shape index (κ3) is 2.03. The monoisotopic (exact) mass is 307 g/mol. The fourth-order valence-corrected chi connectivity index (χ4v) is 3.26. The van der Waals surface area contributed by atoms with Gasteiger partial charge >= 0.3 is 0 Å². The molecule has 3 rings (SSSR count). The Morgan fingerprint density at radius 3 is 3.00 bits per heavy atom. The lowest BCUT2D eigenvalue weighted by molar-refractivity contribution is -0.117. The molecular weight excluding hydrogens is 298 g/mol. The Labute approximate surface area is 112 Å². The summed E-state index contributed by atoms with van der Waals surface area (Å²) in [6.07, 6.45) is 0.785. The zero-order chi connectivity index (χ0) is 11.8. The van der Waals surface area contributed by atoms with E-state index in [1.807, 2.05) is 29.6 Å². The molecule has 1 atom stereocenters. The van der Waals surface area contributed by atoms with Crippen LogP contribution in [0.2, 0.25) is 0 Å². The maximum atomic E-state index is 11.9. The van der Waals surface area contributed by atoms with Crippen LogP contribution in [0.25, 0.3) is 0 Å². The van der Waals surface area contributed by atoms with E-state index in [-0.39, 0.29) is 11.8 Å². The van der Waals surface area contributed by atoms with Crippen molar-refractivity contribution < 1.29 is 4.79 Å². The molecule has 2 aromatic rings. The molecule has 17 heavy (non-hydrogen) atoms. The lowest BCUT2D eigenvalue weighted by Crippen LogP contribution is -2.13. The van der Waals surface area contributed by atoms with Crippen molar-refractivity contribution in [1.29, 1.82) is 0 Å². The Balaban J connectivity index is 1.96. The Bertz CT molecular complexity index is 565. The van der Waals surface area contributed by atoms with E-state index in [0.29, 0.717) is 0 Å². The van der Waals surface area contributed by atoms with Crippen molar-refractivity contribution in [3.63, 3.8) is 0 Å². The molecular formula is C13H10BrNOS. The van der Waals surface area contributed by atoms with Gasteiger partial charge in [-0.2, -0.15) is 0 Å². The average Bonchev–Trinajstić information content (AvgIpc) is 2.90. The molecule has 0 spiro atoms. The quantitative estimate of drug-likeness (QED) is 0.898. The normalized spacial score (nSPS) is 17.9. The predicted octanol–water partition coefficient (Wildman–Crippen LogP) is 3.79. The zero-order valence-corrected chi connectivity index (χ0v) is 11.3. The van der Waals surface area contributed by atoms with Crippen molar-refractivity contribution in [3.8, 4) is 0 Å². The van der Waals surface area contributed by atoms with Crippen LogP contribution in [0.4, 0.5) is 5.69 Å². The molecule has 1 N–H and O–H groups in total. The summed E-state index contributed by atoms with van der Waals surface area (Å²) in [5.74, 6) is 0.0487. The van der Waals surface area contributed by atoms with Crippen LogP contribution in [0.15, 0.2) is 40.2 Å². The molecule has 0 saturated carbocycles. The summed E-state index contributed by atoms with van der Waals surface area (Å²) in [7, 11) is 0. The molecule has 0 saturated heterocycles. The van der Waals surface area contributed by atoms with E-state index >= 15 is 0 Å². The summed E-state index contributed by atoms with van der Waals surface area (Å²) in [5.41, 5.74) is 2.04. The fraction of sp³-hybridized carbons (Fsp3) is 0.154. The molecule has 1 amide bonds. The van der Waals surface area contributed by atoms with Gasteiger partial charge in [-0.25, -0.2) is 0 Å². The first kappa shape index (κ1) is 11.0. The summed E-state index contributed by atoms with van der Waals surface area (Å²) in [5, 5.41) is 4.98. The highest BCUT2D eigenvalue weighted by Crippen LogP contribution is 2.37. The van der Waals surface area contributed by atoms with Crippen LogP contribution in [0.3, 0.4) is 0 Å². The second-order valence-corrected chi connectivity index (χ2v) is 6.00. The van der Waals surface area contributed by atoms with E-state index in [1.165, 1.54) is 4.88 Å². The lowest BCUT2D eigenvalue weighted by atomic mass is 9.97. The third-order valence-electron chi connectivity index (χ3n) is 2.95. The minimum atomic E-state index is -0.0545. The van der Waals surface area contributed by atoms with Crippen LogP contribution in [0.5, 0.6) is 0 Å². The number of carbonyl (C=O) groups is 1. The molecule has 1 unspecified atom stereocenters. The number of halogens is 1. The number of nitrogens with one attached hydrogen (secondary N) is 1. The minimum Gasteiger partial charge on any atom is -0.325 e. The molecule has 0 fully saturated rings. The van der Waals surface area contributed by atoms with Crippen molar-refractivity contribution in [2.45, 2.75) is 12.3 Å². The zero-order valence-electron chi connectivity index (χ0n) is 8.94. The highest BCUT2D eigenvalue weighted by molar-refractivity contribution is 9.10. The average molecular weight is 308 g/mol. The summed E-state index contributed by atoms with van der Waals surface area (Å²) in [4.78, 5) is 13.2. The van der Waals surface area contributed by atoms with E-state index in [9.17, 15) is 4.79 Å². The summed E-state index contributed by atoms with van der Waals surface area (Å²) < 4.78 is 1.02.